The fourth-order valence-corrected chi connectivity index (χ4v) is 3.81. The van der Waals surface area contributed by atoms with E-state index in [9.17, 15) is 19.2 Å². The van der Waals surface area contributed by atoms with Gasteiger partial charge in [-0.3, -0.25) is 19.3 Å². The van der Waals surface area contributed by atoms with Gasteiger partial charge in [-0.05, 0) is 42.9 Å². The van der Waals surface area contributed by atoms with Crippen molar-refractivity contribution in [1.29, 1.82) is 0 Å². The quantitative estimate of drug-likeness (QED) is 0.702. The Morgan fingerprint density at radius 2 is 1.68 bits per heavy atom. The van der Waals surface area contributed by atoms with Crippen molar-refractivity contribution < 1.29 is 23.9 Å². The van der Waals surface area contributed by atoms with Crippen LogP contribution in [0.1, 0.15) is 71.6 Å². The van der Waals surface area contributed by atoms with E-state index in [-0.39, 0.29) is 35.6 Å². The Balaban J connectivity index is 1.59. The van der Waals surface area contributed by atoms with Gasteiger partial charge in [-0.25, -0.2) is 4.79 Å². The molecule has 0 spiro atoms. The van der Waals surface area contributed by atoms with Crippen LogP contribution in [-0.4, -0.2) is 65.9 Å². The van der Waals surface area contributed by atoms with Crippen molar-refractivity contribution in [1.82, 2.24) is 15.1 Å². The number of benzene rings is 1. The maximum Gasteiger partial charge on any atom is 0.407 e. The molecule has 3 rings (SSSR count). The second-order valence-corrected chi connectivity index (χ2v) is 9.08. The Morgan fingerprint density at radius 3 is 2.29 bits per heavy atom. The van der Waals surface area contributed by atoms with E-state index >= 15 is 0 Å². The highest BCUT2D eigenvalue weighted by Crippen LogP contribution is 2.26. The molecular weight excluding hydrogens is 398 g/mol. The molecule has 1 saturated heterocycles. The number of hydrogen-bond donors (Lipinski definition) is 1. The van der Waals surface area contributed by atoms with Gasteiger partial charge in [0, 0.05) is 31.2 Å². The summed E-state index contributed by atoms with van der Waals surface area (Å²) in [6.07, 6.45) is 0.839. The lowest BCUT2D eigenvalue weighted by Gasteiger charge is -2.32. The third-order valence-electron chi connectivity index (χ3n) is 5.42. The highest BCUT2D eigenvalue weighted by atomic mass is 16.5. The van der Waals surface area contributed by atoms with E-state index in [1.807, 2.05) is 27.7 Å². The molecule has 31 heavy (non-hydrogen) atoms. The monoisotopic (exact) mass is 429 g/mol. The fourth-order valence-electron chi connectivity index (χ4n) is 3.81. The van der Waals surface area contributed by atoms with Gasteiger partial charge >= 0.3 is 6.09 Å². The summed E-state index contributed by atoms with van der Waals surface area (Å²) < 4.78 is 5.15. The van der Waals surface area contributed by atoms with Crippen LogP contribution in [0.3, 0.4) is 0 Å². The van der Waals surface area contributed by atoms with Crippen LogP contribution >= 0.6 is 0 Å². The van der Waals surface area contributed by atoms with Crippen molar-refractivity contribution in [3.63, 3.8) is 0 Å². The van der Waals surface area contributed by atoms with Gasteiger partial charge in [0.1, 0.15) is 0 Å². The average Bonchev–Trinajstić information content (AvgIpc) is 2.96. The molecule has 0 atom stereocenters. The molecule has 2 aliphatic rings. The summed E-state index contributed by atoms with van der Waals surface area (Å²) in [5, 5.41) is 2.85. The summed E-state index contributed by atoms with van der Waals surface area (Å²) >= 11 is 0. The number of imide groups is 1. The van der Waals surface area contributed by atoms with Crippen LogP contribution in [0.25, 0.3) is 0 Å². The number of piperidine rings is 1. The zero-order valence-electron chi connectivity index (χ0n) is 18.6. The number of carbonyl (C=O) groups excluding carboxylic acids is 4. The van der Waals surface area contributed by atoms with Crippen LogP contribution in [0.15, 0.2) is 18.2 Å². The first-order valence-electron chi connectivity index (χ1n) is 10.9. The van der Waals surface area contributed by atoms with Crippen LogP contribution < -0.4 is 5.32 Å². The van der Waals surface area contributed by atoms with E-state index < -0.39 is 6.09 Å². The minimum absolute atomic E-state index is 0.0347. The van der Waals surface area contributed by atoms with Crippen molar-refractivity contribution in [2.75, 3.05) is 26.2 Å². The lowest BCUT2D eigenvalue weighted by atomic mass is 10.0. The number of hydrogen-bond acceptors (Lipinski definition) is 5. The molecule has 2 aliphatic heterocycles. The molecule has 0 saturated carbocycles. The molecule has 0 aromatic heterocycles. The zero-order valence-corrected chi connectivity index (χ0v) is 18.6. The molecule has 168 valence electrons. The van der Waals surface area contributed by atoms with Gasteiger partial charge in [0.05, 0.1) is 17.7 Å². The topological polar surface area (TPSA) is 96.0 Å². The highest BCUT2D eigenvalue weighted by Gasteiger charge is 2.36. The van der Waals surface area contributed by atoms with Gasteiger partial charge in [0.25, 0.3) is 17.7 Å². The maximum absolute atomic E-state index is 13.0. The number of alkyl carbamates (subject to hydrolysis) is 1. The molecule has 8 nitrogen and oxygen atoms in total. The summed E-state index contributed by atoms with van der Waals surface area (Å²) in [5.74, 6) is -0.376. The third kappa shape index (κ3) is 5.24. The lowest BCUT2D eigenvalue weighted by molar-refractivity contribution is 0.0635. The lowest BCUT2D eigenvalue weighted by Crippen LogP contribution is -2.46. The number of ether oxygens (including phenoxy) is 1. The van der Waals surface area contributed by atoms with E-state index in [0.29, 0.717) is 55.8 Å². The van der Waals surface area contributed by atoms with Crippen molar-refractivity contribution in [2.24, 2.45) is 11.8 Å². The first-order valence-corrected chi connectivity index (χ1v) is 10.9. The predicted octanol–water partition coefficient (Wildman–Crippen LogP) is 2.93. The molecule has 2 heterocycles. The molecule has 1 aromatic carbocycles. The van der Waals surface area contributed by atoms with Gasteiger partial charge in [-0.1, -0.05) is 27.7 Å². The van der Waals surface area contributed by atoms with Crippen LogP contribution in [-0.2, 0) is 4.74 Å². The van der Waals surface area contributed by atoms with E-state index in [0.717, 1.165) is 0 Å². The maximum atomic E-state index is 13.0. The van der Waals surface area contributed by atoms with Crippen LogP contribution in [0, 0.1) is 11.8 Å². The number of fused-ring (bicyclic) bond motifs is 1. The number of amides is 4. The van der Waals surface area contributed by atoms with Gasteiger partial charge in [0.2, 0.25) is 0 Å². The SMILES string of the molecule is CC(C)COC(=O)NC1CCN(C(=O)c2ccc3c(c2)C(=O)N(CC(C)C)C3=O)CC1. The molecule has 1 N–H and O–H groups in total. The van der Waals surface area contributed by atoms with E-state index in [4.69, 9.17) is 4.74 Å². The minimum Gasteiger partial charge on any atom is -0.449 e. The standard InChI is InChI=1S/C23H31N3O5/c1-14(2)12-26-21(28)18-6-5-16(11-19(18)22(26)29)20(27)25-9-7-17(8-10-25)24-23(30)31-13-15(3)4/h5-6,11,14-15,17H,7-10,12-13H2,1-4H3,(H,24,30). The molecule has 8 heteroatoms. The molecule has 0 unspecified atom stereocenters. The largest absolute Gasteiger partial charge is 0.449 e. The second kappa shape index (κ2) is 9.49. The summed E-state index contributed by atoms with van der Waals surface area (Å²) in [5.41, 5.74) is 1.04. The van der Waals surface area contributed by atoms with E-state index in [1.54, 1.807) is 17.0 Å². The molecule has 4 amide bonds. The average molecular weight is 430 g/mol. The zero-order chi connectivity index (χ0) is 22.7. The predicted molar refractivity (Wildman–Crippen MR) is 115 cm³/mol. The summed E-state index contributed by atoms with van der Waals surface area (Å²) in [6, 6.07) is 4.68. The minimum atomic E-state index is -0.425. The Kier molecular flexibility index (Phi) is 6.97. The molecule has 1 fully saturated rings. The Labute approximate surface area is 182 Å². The summed E-state index contributed by atoms with van der Waals surface area (Å²) in [7, 11) is 0. The Bertz CT molecular complexity index is 872. The van der Waals surface area contributed by atoms with Crippen molar-refractivity contribution in [2.45, 2.75) is 46.6 Å². The number of rotatable bonds is 6. The van der Waals surface area contributed by atoms with Crippen LogP contribution in [0.2, 0.25) is 0 Å². The highest BCUT2D eigenvalue weighted by molar-refractivity contribution is 6.22. The van der Waals surface area contributed by atoms with Crippen molar-refractivity contribution in [3.8, 4) is 0 Å². The normalized spacial score (nSPS) is 16.8. The van der Waals surface area contributed by atoms with E-state index in [2.05, 4.69) is 5.32 Å². The summed E-state index contributed by atoms with van der Waals surface area (Å²) in [4.78, 5) is 52.9. The third-order valence-corrected chi connectivity index (χ3v) is 5.42. The number of likely N-dealkylation sites (tertiary alicyclic amines) is 1. The first-order chi connectivity index (χ1) is 14.7. The number of carbonyl (C=O) groups is 4. The number of nitrogens with zero attached hydrogens (tertiary/aromatic N) is 2. The van der Waals surface area contributed by atoms with Crippen LogP contribution in [0.4, 0.5) is 4.79 Å². The first kappa shape index (κ1) is 22.8. The smallest absolute Gasteiger partial charge is 0.407 e. The molecule has 0 aliphatic carbocycles. The van der Waals surface area contributed by atoms with Gasteiger partial charge in [0.15, 0.2) is 0 Å². The summed E-state index contributed by atoms with van der Waals surface area (Å²) in [6.45, 7) is 9.56. The molecule has 0 bridgehead atoms. The van der Waals surface area contributed by atoms with Gasteiger partial charge in [-0.15, -0.1) is 0 Å². The Hall–Kier alpha value is -2.90. The molecule has 0 radical (unpaired) electrons. The second-order valence-electron chi connectivity index (χ2n) is 9.08. The van der Waals surface area contributed by atoms with Crippen molar-refractivity contribution in [3.05, 3.63) is 34.9 Å². The van der Waals surface area contributed by atoms with Gasteiger partial charge < -0.3 is 15.0 Å². The molecule has 1 aromatic rings. The van der Waals surface area contributed by atoms with E-state index in [1.165, 1.54) is 11.0 Å². The molecular formula is C23H31N3O5. The Morgan fingerprint density at radius 1 is 1.03 bits per heavy atom. The van der Waals surface area contributed by atoms with Gasteiger partial charge in [-0.2, -0.15) is 0 Å². The fraction of sp³-hybridized carbons (Fsp3) is 0.565. The number of nitrogens with one attached hydrogen (secondary N) is 1. The van der Waals surface area contributed by atoms with Crippen LogP contribution in [0.5, 0.6) is 0 Å². The van der Waals surface area contributed by atoms with Crippen molar-refractivity contribution >= 4 is 23.8 Å².